The van der Waals surface area contributed by atoms with Crippen LogP contribution in [-0.2, 0) is 19.9 Å². The van der Waals surface area contributed by atoms with Crippen molar-refractivity contribution in [2.75, 3.05) is 17.2 Å². The Morgan fingerprint density at radius 2 is 1.82 bits per heavy atom. The number of carbonyl (C=O) groups is 4. The molecule has 0 aliphatic carbocycles. The Balaban J connectivity index is 1.31. The summed E-state index contributed by atoms with van der Waals surface area (Å²) in [6, 6.07) is 17.4. The largest absolute Gasteiger partial charge is 0.479 e. The summed E-state index contributed by atoms with van der Waals surface area (Å²) in [5.74, 6) is -0.862. The van der Waals surface area contributed by atoms with Crippen LogP contribution in [0.5, 0.6) is 5.75 Å². The van der Waals surface area contributed by atoms with Gasteiger partial charge in [0.2, 0.25) is 5.91 Å². The van der Waals surface area contributed by atoms with E-state index in [2.05, 4.69) is 16.0 Å². The molecule has 0 radical (unpaired) electrons. The molecule has 0 bridgehead atoms. The van der Waals surface area contributed by atoms with Crippen molar-refractivity contribution < 1.29 is 23.9 Å². The van der Waals surface area contributed by atoms with E-state index in [1.165, 1.54) is 0 Å². The lowest BCUT2D eigenvalue weighted by Crippen LogP contribution is -2.42. The Labute approximate surface area is 195 Å². The number of rotatable bonds is 4. The minimum Gasteiger partial charge on any atom is -0.479 e. The monoisotopic (exact) mass is 458 g/mol. The number of fused-ring (bicyclic) bond motifs is 2. The number of hydrogen-bond donors (Lipinski definition) is 3. The van der Waals surface area contributed by atoms with Gasteiger partial charge in [-0.05, 0) is 54.4 Å². The van der Waals surface area contributed by atoms with E-state index in [1.54, 1.807) is 38.1 Å². The molecule has 1 fully saturated rings. The molecule has 9 nitrogen and oxygen atoms in total. The second kappa shape index (κ2) is 7.87. The molecule has 3 aromatic carbocycles. The van der Waals surface area contributed by atoms with Crippen LogP contribution < -0.4 is 20.7 Å². The fourth-order valence-corrected chi connectivity index (χ4v) is 4.17. The van der Waals surface area contributed by atoms with Gasteiger partial charge in [0.25, 0.3) is 11.8 Å². The number of urea groups is 1. The minimum atomic E-state index is -1.29. The van der Waals surface area contributed by atoms with Gasteiger partial charge in [-0.1, -0.05) is 36.4 Å². The summed E-state index contributed by atoms with van der Waals surface area (Å²) in [6.07, 6.45) is -0.607. The van der Waals surface area contributed by atoms with Crippen molar-refractivity contribution >= 4 is 45.9 Å². The van der Waals surface area contributed by atoms with Gasteiger partial charge < -0.3 is 20.7 Å². The van der Waals surface area contributed by atoms with Crippen molar-refractivity contribution in [3.63, 3.8) is 0 Å². The number of hydrogen-bond acceptors (Lipinski definition) is 5. The molecule has 5 amide bonds. The second-order valence-corrected chi connectivity index (χ2v) is 8.52. The molecular weight excluding hydrogens is 436 g/mol. The Morgan fingerprint density at radius 1 is 1.06 bits per heavy atom. The number of anilines is 2. The van der Waals surface area contributed by atoms with Crippen molar-refractivity contribution in [3.8, 4) is 5.75 Å². The van der Waals surface area contributed by atoms with Gasteiger partial charge in [-0.2, -0.15) is 0 Å². The quantitative estimate of drug-likeness (QED) is 0.520. The lowest BCUT2D eigenvalue weighted by Gasteiger charge is -2.24. The highest BCUT2D eigenvalue weighted by Gasteiger charge is 2.49. The molecular formula is C25H22N4O5. The summed E-state index contributed by atoms with van der Waals surface area (Å²) < 4.78 is 5.50. The Bertz CT molecular complexity index is 1370. The van der Waals surface area contributed by atoms with Gasteiger partial charge in [0, 0.05) is 5.69 Å². The highest BCUT2D eigenvalue weighted by atomic mass is 16.5. The van der Waals surface area contributed by atoms with Crippen LogP contribution >= 0.6 is 0 Å². The van der Waals surface area contributed by atoms with Gasteiger partial charge in [-0.15, -0.1) is 0 Å². The van der Waals surface area contributed by atoms with Crippen molar-refractivity contribution in [1.29, 1.82) is 0 Å². The van der Waals surface area contributed by atoms with Crippen molar-refractivity contribution in [2.45, 2.75) is 25.5 Å². The van der Waals surface area contributed by atoms with Gasteiger partial charge in [-0.3, -0.25) is 19.3 Å². The zero-order valence-electron chi connectivity index (χ0n) is 18.5. The molecule has 2 heterocycles. The summed E-state index contributed by atoms with van der Waals surface area (Å²) in [6.45, 7) is 2.81. The average Bonchev–Trinajstić information content (AvgIpc) is 3.03. The predicted octanol–water partition coefficient (Wildman–Crippen LogP) is 2.96. The van der Waals surface area contributed by atoms with Crippen LogP contribution in [0.1, 0.15) is 19.4 Å². The van der Waals surface area contributed by atoms with E-state index < -0.39 is 36.0 Å². The minimum absolute atomic E-state index is 0.289. The SMILES string of the molecule is C[C@@H]1Oc2ccc(NC(=O)CN3C(=O)N[C@](C)(c4ccc5ccccc5c4)C3=O)cc2NC1=O. The van der Waals surface area contributed by atoms with Crippen LogP contribution in [-0.4, -0.2) is 41.3 Å². The molecule has 1 saturated heterocycles. The fourth-order valence-electron chi connectivity index (χ4n) is 4.17. The third-order valence-electron chi connectivity index (χ3n) is 6.10. The first-order valence-corrected chi connectivity index (χ1v) is 10.8. The third kappa shape index (κ3) is 3.61. The van der Waals surface area contributed by atoms with Crippen LogP contribution in [0, 0.1) is 0 Å². The van der Waals surface area contributed by atoms with Gasteiger partial charge >= 0.3 is 6.03 Å². The number of ether oxygens (including phenoxy) is 1. The summed E-state index contributed by atoms with van der Waals surface area (Å²) >= 11 is 0. The van der Waals surface area contributed by atoms with Crippen LogP contribution in [0.4, 0.5) is 16.2 Å². The van der Waals surface area contributed by atoms with Gasteiger partial charge in [-0.25, -0.2) is 4.79 Å². The molecule has 172 valence electrons. The number of nitrogens with zero attached hydrogens (tertiary/aromatic N) is 1. The molecule has 0 saturated carbocycles. The number of carbonyl (C=O) groups excluding carboxylic acids is 4. The molecule has 3 N–H and O–H groups in total. The lowest BCUT2D eigenvalue weighted by atomic mass is 9.90. The molecule has 0 unspecified atom stereocenters. The molecule has 2 aliphatic rings. The Hall–Kier alpha value is -4.40. The summed E-state index contributed by atoms with van der Waals surface area (Å²) in [5.41, 5.74) is 0.171. The van der Waals surface area contributed by atoms with E-state index in [4.69, 9.17) is 4.74 Å². The molecule has 0 aromatic heterocycles. The molecule has 2 atom stereocenters. The smallest absolute Gasteiger partial charge is 0.325 e. The standard InChI is InChI=1S/C25H22N4O5/c1-14-22(31)27-19-12-18(9-10-20(19)34-14)26-21(30)13-29-23(32)25(2,28-24(29)33)17-8-7-15-5-3-4-6-16(15)11-17/h3-12,14H,13H2,1-2H3,(H,26,30)(H,27,31)(H,28,33)/t14-,25+/m0/s1. The number of imide groups is 1. The van der Waals surface area contributed by atoms with Gasteiger partial charge in [0.05, 0.1) is 5.69 Å². The molecule has 34 heavy (non-hydrogen) atoms. The van der Waals surface area contributed by atoms with Crippen LogP contribution in [0.25, 0.3) is 10.8 Å². The number of amides is 5. The first-order valence-electron chi connectivity index (χ1n) is 10.8. The number of nitrogens with one attached hydrogen (secondary N) is 3. The first kappa shape index (κ1) is 21.4. The highest BCUT2D eigenvalue weighted by Crippen LogP contribution is 2.33. The zero-order chi connectivity index (χ0) is 24.0. The van der Waals surface area contributed by atoms with Crippen LogP contribution in [0.3, 0.4) is 0 Å². The maximum atomic E-state index is 13.2. The zero-order valence-corrected chi connectivity index (χ0v) is 18.5. The molecule has 0 spiro atoms. The maximum Gasteiger partial charge on any atom is 0.325 e. The third-order valence-corrected chi connectivity index (χ3v) is 6.10. The maximum absolute atomic E-state index is 13.2. The van der Waals surface area contributed by atoms with Gasteiger partial charge in [0.1, 0.15) is 17.8 Å². The molecule has 3 aromatic rings. The predicted molar refractivity (Wildman–Crippen MR) is 125 cm³/mol. The lowest BCUT2D eigenvalue weighted by molar-refractivity contribution is -0.133. The topological polar surface area (TPSA) is 117 Å². The van der Waals surface area contributed by atoms with Crippen LogP contribution in [0.2, 0.25) is 0 Å². The van der Waals surface area contributed by atoms with Crippen LogP contribution in [0.15, 0.2) is 60.7 Å². The van der Waals surface area contributed by atoms with Crippen molar-refractivity contribution in [1.82, 2.24) is 10.2 Å². The van der Waals surface area contributed by atoms with E-state index in [1.807, 2.05) is 36.4 Å². The molecule has 9 heteroatoms. The number of benzene rings is 3. The normalized spacial score (nSPS) is 21.5. The summed E-state index contributed by atoms with van der Waals surface area (Å²) in [7, 11) is 0. The summed E-state index contributed by atoms with van der Waals surface area (Å²) in [4.78, 5) is 51.2. The van der Waals surface area contributed by atoms with E-state index in [-0.39, 0.29) is 5.91 Å². The average molecular weight is 458 g/mol. The molecule has 2 aliphatic heterocycles. The Morgan fingerprint density at radius 3 is 2.62 bits per heavy atom. The molecule has 5 rings (SSSR count). The first-order chi connectivity index (χ1) is 16.2. The van der Waals surface area contributed by atoms with E-state index >= 15 is 0 Å². The van der Waals surface area contributed by atoms with E-state index in [0.717, 1.165) is 15.7 Å². The van der Waals surface area contributed by atoms with Crippen molar-refractivity contribution in [3.05, 3.63) is 66.2 Å². The van der Waals surface area contributed by atoms with Crippen molar-refractivity contribution in [2.24, 2.45) is 0 Å². The van der Waals surface area contributed by atoms with E-state index in [9.17, 15) is 19.2 Å². The second-order valence-electron chi connectivity index (χ2n) is 8.52. The van der Waals surface area contributed by atoms with Gasteiger partial charge in [0.15, 0.2) is 6.10 Å². The Kier molecular flexibility index (Phi) is 4.97. The fraction of sp³-hybridized carbons (Fsp3) is 0.200. The van der Waals surface area contributed by atoms with E-state index in [0.29, 0.717) is 22.7 Å². The highest BCUT2D eigenvalue weighted by molar-refractivity contribution is 6.10. The summed E-state index contributed by atoms with van der Waals surface area (Å²) in [5, 5.41) is 10.0.